The van der Waals surface area contributed by atoms with Gasteiger partial charge < -0.3 is 18.9 Å². The topological polar surface area (TPSA) is 71.1 Å². The molecule has 0 atom stereocenters. The zero-order chi connectivity index (χ0) is 17.5. The van der Waals surface area contributed by atoms with E-state index in [9.17, 15) is 9.59 Å². The summed E-state index contributed by atoms with van der Waals surface area (Å²) in [6.45, 7) is 0.0701. The molecule has 0 aliphatic carbocycles. The van der Waals surface area contributed by atoms with Crippen LogP contribution in [0.15, 0.2) is 42.5 Å². The first-order valence-corrected chi connectivity index (χ1v) is 7.16. The maximum absolute atomic E-state index is 12.3. The Morgan fingerprint density at radius 3 is 2.17 bits per heavy atom. The minimum atomic E-state index is -0.525. The van der Waals surface area contributed by atoms with Gasteiger partial charge in [0, 0.05) is 0 Å². The number of hydrogen-bond acceptors (Lipinski definition) is 6. The van der Waals surface area contributed by atoms with Crippen LogP contribution in [0.2, 0.25) is 0 Å². The zero-order valence-corrected chi connectivity index (χ0v) is 13.7. The standard InChI is InChI=1S/C18H18O6/c1-21-15-6-4-5-14(16(15)22-2)18(20)24-11-12-7-9-13(10-8-12)17(19)23-3/h4-10H,11H2,1-3H3. The molecule has 6 heteroatoms. The highest BCUT2D eigenvalue weighted by Gasteiger charge is 2.17. The molecule has 0 saturated carbocycles. The highest BCUT2D eigenvalue weighted by atomic mass is 16.5. The Morgan fingerprint density at radius 2 is 1.58 bits per heavy atom. The van der Waals surface area contributed by atoms with E-state index in [1.165, 1.54) is 21.3 Å². The van der Waals surface area contributed by atoms with Gasteiger partial charge in [0.1, 0.15) is 12.2 Å². The summed E-state index contributed by atoms with van der Waals surface area (Å²) >= 11 is 0. The van der Waals surface area contributed by atoms with E-state index in [0.29, 0.717) is 17.1 Å². The summed E-state index contributed by atoms with van der Waals surface area (Å²) in [7, 11) is 4.27. The minimum absolute atomic E-state index is 0.0701. The molecule has 6 nitrogen and oxygen atoms in total. The number of para-hydroxylation sites is 1. The predicted octanol–water partition coefficient (Wildman–Crippen LogP) is 2.85. The monoisotopic (exact) mass is 330 g/mol. The Bertz CT molecular complexity index is 721. The number of hydrogen-bond donors (Lipinski definition) is 0. The van der Waals surface area contributed by atoms with Crippen molar-refractivity contribution in [1.29, 1.82) is 0 Å². The lowest BCUT2D eigenvalue weighted by molar-refractivity contribution is 0.0467. The summed E-state index contributed by atoms with van der Waals surface area (Å²) in [5.74, 6) is -0.164. The summed E-state index contributed by atoms with van der Waals surface area (Å²) < 4.78 is 20.3. The molecule has 0 aliphatic heterocycles. The van der Waals surface area contributed by atoms with Gasteiger partial charge >= 0.3 is 11.9 Å². The molecule has 126 valence electrons. The highest BCUT2D eigenvalue weighted by Crippen LogP contribution is 2.31. The molecule has 2 rings (SSSR count). The molecule has 0 saturated heterocycles. The molecule has 0 radical (unpaired) electrons. The largest absolute Gasteiger partial charge is 0.493 e. The number of methoxy groups -OCH3 is 3. The Labute approximate surface area is 139 Å². The van der Waals surface area contributed by atoms with Crippen molar-refractivity contribution in [3.05, 3.63) is 59.2 Å². The molecule has 24 heavy (non-hydrogen) atoms. The molecule has 2 aromatic rings. The molecule has 0 spiro atoms. The minimum Gasteiger partial charge on any atom is -0.493 e. The highest BCUT2D eigenvalue weighted by molar-refractivity contribution is 5.93. The first-order chi connectivity index (χ1) is 11.6. The van der Waals surface area contributed by atoms with Crippen LogP contribution in [0.1, 0.15) is 26.3 Å². The van der Waals surface area contributed by atoms with Gasteiger partial charge in [-0.3, -0.25) is 0 Å². The van der Waals surface area contributed by atoms with Gasteiger partial charge in [-0.1, -0.05) is 18.2 Å². The van der Waals surface area contributed by atoms with Crippen molar-refractivity contribution in [3.8, 4) is 11.5 Å². The van der Waals surface area contributed by atoms with Crippen molar-refractivity contribution in [2.24, 2.45) is 0 Å². The third kappa shape index (κ3) is 3.84. The van der Waals surface area contributed by atoms with Crippen molar-refractivity contribution < 1.29 is 28.5 Å². The molecule has 0 aliphatic rings. The van der Waals surface area contributed by atoms with Crippen LogP contribution in [0, 0.1) is 0 Å². The molecule has 0 amide bonds. The number of esters is 2. The Hall–Kier alpha value is -3.02. The molecule has 0 unspecified atom stereocenters. The molecular weight excluding hydrogens is 312 g/mol. The molecule has 0 N–H and O–H groups in total. The molecule has 0 heterocycles. The fraction of sp³-hybridized carbons (Fsp3) is 0.222. The first-order valence-electron chi connectivity index (χ1n) is 7.16. The summed E-state index contributed by atoms with van der Waals surface area (Å²) in [5.41, 5.74) is 1.46. The maximum atomic E-state index is 12.3. The zero-order valence-electron chi connectivity index (χ0n) is 13.7. The van der Waals surface area contributed by atoms with Gasteiger partial charge in [0.25, 0.3) is 0 Å². The number of benzene rings is 2. The van der Waals surface area contributed by atoms with E-state index in [0.717, 1.165) is 5.56 Å². The number of rotatable bonds is 6. The van der Waals surface area contributed by atoms with Gasteiger partial charge in [0.2, 0.25) is 0 Å². The summed E-state index contributed by atoms with van der Waals surface area (Å²) in [5, 5.41) is 0. The third-order valence-corrected chi connectivity index (χ3v) is 3.37. The molecule has 0 aromatic heterocycles. The van der Waals surface area contributed by atoms with Gasteiger partial charge in [-0.05, 0) is 29.8 Å². The van der Waals surface area contributed by atoms with Crippen LogP contribution >= 0.6 is 0 Å². The maximum Gasteiger partial charge on any atom is 0.342 e. The van der Waals surface area contributed by atoms with Crippen LogP contribution in [0.5, 0.6) is 11.5 Å². The van der Waals surface area contributed by atoms with Crippen molar-refractivity contribution in [3.63, 3.8) is 0 Å². The number of carbonyl (C=O) groups is 2. The van der Waals surface area contributed by atoms with Gasteiger partial charge in [0.15, 0.2) is 11.5 Å². The molecule has 0 bridgehead atoms. The fourth-order valence-electron chi connectivity index (χ4n) is 2.13. The average Bonchev–Trinajstić information content (AvgIpc) is 2.64. The lowest BCUT2D eigenvalue weighted by Crippen LogP contribution is -2.08. The number of carbonyl (C=O) groups excluding carboxylic acids is 2. The van der Waals surface area contributed by atoms with Gasteiger partial charge in [0.05, 0.1) is 26.9 Å². The van der Waals surface area contributed by atoms with Crippen LogP contribution in [0.4, 0.5) is 0 Å². The summed E-state index contributed by atoms with van der Waals surface area (Å²) in [4.78, 5) is 23.6. The van der Waals surface area contributed by atoms with Crippen LogP contribution in [-0.2, 0) is 16.1 Å². The molecule has 0 fully saturated rings. The van der Waals surface area contributed by atoms with E-state index < -0.39 is 11.9 Å². The van der Waals surface area contributed by atoms with Crippen LogP contribution < -0.4 is 9.47 Å². The SMILES string of the molecule is COC(=O)c1ccc(COC(=O)c2cccc(OC)c2OC)cc1. The van der Waals surface area contributed by atoms with Crippen LogP contribution in [-0.4, -0.2) is 33.3 Å². The first kappa shape index (κ1) is 17.3. The Balaban J connectivity index is 2.07. The predicted molar refractivity (Wildman–Crippen MR) is 86.4 cm³/mol. The normalized spacial score (nSPS) is 9.96. The fourth-order valence-corrected chi connectivity index (χ4v) is 2.13. The second-order valence-electron chi connectivity index (χ2n) is 4.81. The summed E-state index contributed by atoms with van der Waals surface area (Å²) in [6.07, 6.45) is 0. The van der Waals surface area contributed by atoms with Crippen molar-refractivity contribution in [1.82, 2.24) is 0 Å². The third-order valence-electron chi connectivity index (χ3n) is 3.37. The number of ether oxygens (including phenoxy) is 4. The lowest BCUT2D eigenvalue weighted by Gasteiger charge is -2.12. The van der Waals surface area contributed by atoms with E-state index in [1.54, 1.807) is 42.5 Å². The van der Waals surface area contributed by atoms with E-state index in [1.807, 2.05) is 0 Å². The van der Waals surface area contributed by atoms with Gasteiger partial charge in [-0.15, -0.1) is 0 Å². The van der Waals surface area contributed by atoms with Gasteiger partial charge in [-0.2, -0.15) is 0 Å². The Morgan fingerprint density at radius 1 is 0.875 bits per heavy atom. The second-order valence-corrected chi connectivity index (χ2v) is 4.81. The average molecular weight is 330 g/mol. The van der Waals surface area contributed by atoms with Crippen LogP contribution in [0.25, 0.3) is 0 Å². The lowest BCUT2D eigenvalue weighted by atomic mass is 10.1. The second kappa shape index (κ2) is 8.01. The summed E-state index contributed by atoms with van der Waals surface area (Å²) in [6, 6.07) is 11.6. The van der Waals surface area contributed by atoms with Crippen molar-refractivity contribution in [2.45, 2.75) is 6.61 Å². The molecular formula is C18H18O6. The Kier molecular flexibility index (Phi) is 5.78. The molecule has 2 aromatic carbocycles. The van der Waals surface area contributed by atoms with Crippen LogP contribution in [0.3, 0.4) is 0 Å². The van der Waals surface area contributed by atoms with E-state index in [-0.39, 0.29) is 12.2 Å². The smallest absolute Gasteiger partial charge is 0.342 e. The van der Waals surface area contributed by atoms with E-state index in [4.69, 9.17) is 14.2 Å². The quantitative estimate of drug-likeness (QED) is 0.759. The van der Waals surface area contributed by atoms with Crippen molar-refractivity contribution >= 4 is 11.9 Å². The van der Waals surface area contributed by atoms with E-state index in [2.05, 4.69) is 4.74 Å². The van der Waals surface area contributed by atoms with Crippen molar-refractivity contribution in [2.75, 3.05) is 21.3 Å². The van der Waals surface area contributed by atoms with Gasteiger partial charge in [-0.25, -0.2) is 9.59 Å². The van der Waals surface area contributed by atoms with E-state index >= 15 is 0 Å².